The van der Waals surface area contributed by atoms with E-state index in [0.717, 1.165) is 28.7 Å². The predicted octanol–water partition coefficient (Wildman–Crippen LogP) is 2.31. The zero-order chi connectivity index (χ0) is 11.7. The number of rotatable bonds is 2. The van der Waals surface area contributed by atoms with E-state index < -0.39 is 0 Å². The Balaban J connectivity index is 1.82. The molecule has 90 valence electrons. The summed E-state index contributed by atoms with van der Waals surface area (Å²) in [7, 11) is 0. The van der Waals surface area contributed by atoms with Gasteiger partial charge in [-0.15, -0.1) is 11.3 Å². The van der Waals surface area contributed by atoms with Crippen LogP contribution >= 0.6 is 11.3 Å². The molecule has 3 heterocycles. The lowest BCUT2D eigenvalue weighted by Gasteiger charge is -2.21. The Kier molecular flexibility index (Phi) is 2.94. The monoisotopic (exact) mass is 248 g/mol. The second-order valence-corrected chi connectivity index (χ2v) is 5.73. The van der Waals surface area contributed by atoms with Gasteiger partial charge in [-0.3, -0.25) is 5.10 Å². The third-order valence-corrected chi connectivity index (χ3v) is 4.14. The van der Waals surface area contributed by atoms with Crippen LogP contribution in [-0.4, -0.2) is 28.3 Å². The smallest absolute Gasteiger partial charge is 0.104 e. The first-order valence-electron chi connectivity index (χ1n) is 6.02. The summed E-state index contributed by atoms with van der Waals surface area (Å²) in [4.78, 5) is 5.41. The van der Waals surface area contributed by atoms with Crippen LogP contribution in [0.2, 0.25) is 0 Å². The van der Waals surface area contributed by atoms with E-state index in [-0.39, 0.29) is 0 Å². The summed E-state index contributed by atoms with van der Waals surface area (Å²) in [5, 5.41) is 12.1. The van der Waals surface area contributed by atoms with E-state index in [1.54, 1.807) is 11.3 Å². The van der Waals surface area contributed by atoms with Gasteiger partial charge >= 0.3 is 0 Å². The SMILES string of the molecule is Cc1ncc(-c2cc([C@H]3CCCNC3)[nH]n2)s1. The van der Waals surface area contributed by atoms with Gasteiger partial charge in [0.1, 0.15) is 5.69 Å². The Morgan fingerprint density at radius 2 is 2.41 bits per heavy atom. The molecule has 2 aromatic rings. The van der Waals surface area contributed by atoms with E-state index in [1.807, 2.05) is 13.1 Å². The summed E-state index contributed by atoms with van der Waals surface area (Å²) < 4.78 is 0. The fraction of sp³-hybridized carbons (Fsp3) is 0.500. The first kappa shape index (κ1) is 10.9. The molecule has 0 unspecified atom stereocenters. The van der Waals surface area contributed by atoms with Crippen LogP contribution in [0.3, 0.4) is 0 Å². The summed E-state index contributed by atoms with van der Waals surface area (Å²) >= 11 is 1.69. The van der Waals surface area contributed by atoms with Gasteiger partial charge in [-0.1, -0.05) is 0 Å². The second-order valence-electron chi connectivity index (χ2n) is 4.50. The average Bonchev–Trinajstić information content (AvgIpc) is 2.98. The first-order valence-corrected chi connectivity index (χ1v) is 6.83. The minimum atomic E-state index is 0.582. The van der Waals surface area contributed by atoms with Crippen molar-refractivity contribution in [3.63, 3.8) is 0 Å². The van der Waals surface area contributed by atoms with Crippen molar-refractivity contribution in [2.45, 2.75) is 25.7 Å². The Morgan fingerprint density at radius 3 is 3.12 bits per heavy atom. The first-order chi connectivity index (χ1) is 8.33. The van der Waals surface area contributed by atoms with E-state index in [0.29, 0.717) is 5.92 Å². The highest BCUT2D eigenvalue weighted by atomic mass is 32.1. The maximum Gasteiger partial charge on any atom is 0.104 e. The molecule has 5 heteroatoms. The maximum absolute atomic E-state index is 4.39. The second kappa shape index (κ2) is 4.58. The van der Waals surface area contributed by atoms with Crippen molar-refractivity contribution in [1.29, 1.82) is 0 Å². The molecule has 0 spiro atoms. The molecule has 0 saturated carbocycles. The molecule has 1 saturated heterocycles. The van der Waals surface area contributed by atoms with Crippen LogP contribution in [0.1, 0.15) is 29.5 Å². The summed E-state index contributed by atoms with van der Waals surface area (Å²) in [5.74, 6) is 0.582. The van der Waals surface area contributed by atoms with Gasteiger partial charge in [-0.2, -0.15) is 5.10 Å². The lowest BCUT2D eigenvalue weighted by atomic mass is 9.96. The largest absolute Gasteiger partial charge is 0.316 e. The van der Waals surface area contributed by atoms with Gasteiger partial charge in [-0.25, -0.2) is 4.98 Å². The van der Waals surface area contributed by atoms with Crippen molar-refractivity contribution in [2.24, 2.45) is 0 Å². The molecule has 4 nitrogen and oxygen atoms in total. The molecule has 1 fully saturated rings. The number of aryl methyl sites for hydroxylation is 1. The lowest BCUT2D eigenvalue weighted by molar-refractivity contribution is 0.454. The zero-order valence-electron chi connectivity index (χ0n) is 9.86. The maximum atomic E-state index is 4.39. The molecule has 3 rings (SSSR count). The van der Waals surface area contributed by atoms with Crippen LogP contribution in [0.25, 0.3) is 10.6 Å². The number of hydrogen-bond acceptors (Lipinski definition) is 4. The molecule has 0 radical (unpaired) electrons. The molecule has 0 bridgehead atoms. The van der Waals surface area contributed by atoms with Gasteiger partial charge in [0.25, 0.3) is 0 Å². The number of H-pyrrole nitrogens is 1. The van der Waals surface area contributed by atoms with Crippen LogP contribution in [0.4, 0.5) is 0 Å². The van der Waals surface area contributed by atoms with Gasteiger partial charge in [0.05, 0.1) is 9.88 Å². The molecule has 1 atom stereocenters. The van der Waals surface area contributed by atoms with Gasteiger partial charge in [0, 0.05) is 24.4 Å². The van der Waals surface area contributed by atoms with E-state index in [1.165, 1.54) is 18.5 Å². The quantitative estimate of drug-likeness (QED) is 0.857. The zero-order valence-corrected chi connectivity index (χ0v) is 10.7. The third-order valence-electron chi connectivity index (χ3n) is 3.21. The topological polar surface area (TPSA) is 53.6 Å². The summed E-state index contributed by atoms with van der Waals surface area (Å²) in [6, 6.07) is 2.17. The molecule has 2 aromatic heterocycles. The minimum Gasteiger partial charge on any atom is -0.316 e. The average molecular weight is 248 g/mol. The summed E-state index contributed by atoms with van der Waals surface area (Å²) in [6.07, 6.45) is 4.40. The third kappa shape index (κ3) is 2.25. The van der Waals surface area contributed by atoms with Crippen molar-refractivity contribution in [2.75, 3.05) is 13.1 Å². The molecular weight excluding hydrogens is 232 g/mol. The van der Waals surface area contributed by atoms with Gasteiger partial charge < -0.3 is 5.32 Å². The van der Waals surface area contributed by atoms with Crippen molar-refractivity contribution in [1.82, 2.24) is 20.5 Å². The van der Waals surface area contributed by atoms with Crippen LogP contribution in [0.15, 0.2) is 12.3 Å². The van der Waals surface area contributed by atoms with Crippen molar-refractivity contribution >= 4 is 11.3 Å². The molecule has 0 amide bonds. The van der Waals surface area contributed by atoms with Crippen LogP contribution in [-0.2, 0) is 0 Å². The Hall–Kier alpha value is -1.20. The van der Waals surface area contributed by atoms with E-state index >= 15 is 0 Å². The minimum absolute atomic E-state index is 0.582. The van der Waals surface area contributed by atoms with E-state index in [4.69, 9.17) is 0 Å². The highest BCUT2D eigenvalue weighted by molar-refractivity contribution is 7.15. The normalized spacial score (nSPS) is 20.6. The van der Waals surface area contributed by atoms with E-state index in [9.17, 15) is 0 Å². The molecule has 1 aliphatic rings. The molecule has 1 aliphatic heterocycles. The fourth-order valence-corrected chi connectivity index (χ4v) is 3.01. The van der Waals surface area contributed by atoms with Gasteiger partial charge in [0.2, 0.25) is 0 Å². The highest BCUT2D eigenvalue weighted by Crippen LogP contribution is 2.28. The number of nitrogens with one attached hydrogen (secondary N) is 2. The van der Waals surface area contributed by atoms with Crippen molar-refractivity contribution < 1.29 is 0 Å². The van der Waals surface area contributed by atoms with Crippen LogP contribution < -0.4 is 5.32 Å². The molecule has 17 heavy (non-hydrogen) atoms. The number of hydrogen-bond donors (Lipinski definition) is 2. The Labute approximate surface area is 104 Å². The van der Waals surface area contributed by atoms with E-state index in [2.05, 4.69) is 26.6 Å². The molecule has 0 aromatic carbocycles. The summed E-state index contributed by atoms with van der Waals surface area (Å²) in [5.41, 5.74) is 2.27. The number of piperidine rings is 1. The number of aromatic nitrogens is 3. The predicted molar refractivity (Wildman–Crippen MR) is 69.3 cm³/mol. The van der Waals surface area contributed by atoms with Crippen LogP contribution in [0.5, 0.6) is 0 Å². The van der Waals surface area contributed by atoms with Gasteiger partial charge in [-0.05, 0) is 32.4 Å². The number of aromatic amines is 1. The standard InChI is InChI=1S/C12H16N4S/c1-8-14-7-12(17-8)11-5-10(15-16-11)9-3-2-4-13-6-9/h5,7,9,13H,2-4,6H2,1H3,(H,15,16)/t9-/m0/s1. The van der Waals surface area contributed by atoms with Crippen molar-refractivity contribution in [3.05, 3.63) is 23.0 Å². The van der Waals surface area contributed by atoms with Crippen LogP contribution in [0, 0.1) is 6.92 Å². The molecule has 2 N–H and O–H groups in total. The Morgan fingerprint density at radius 1 is 1.47 bits per heavy atom. The Bertz CT molecular complexity index is 496. The fourth-order valence-electron chi connectivity index (χ4n) is 2.27. The number of nitrogens with zero attached hydrogens (tertiary/aromatic N) is 2. The lowest BCUT2D eigenvalue weighted by Crippen LogP contribution is -2.28. The highest BCUT2D eigenvalue weighted by Gasteiger charge is 2.18. The molecular formula is C12H16N4S. The number of thiazole rings is 1. The summed E-state index contributed by atoms with van der Waals surface area (Å²) in [6.45, 7) is 4.22. The molecule has 0 aliphatic carbocycles. The van der Waals surface area contributed by atoms with Gasteiger partial charge in [0.15, 0.2) is 0 Å². The van der Waals surface area contributed by atoms with Crippen molar-refractivity contribution in [3.8, 4) is 10.6 Å².